The van der Waals surface area contributed by atoms with Crippen LogP contribution in [0.5, 0.6) is 5.75 Å². The number of aryl methyl sites for hydroxylation is 1. The monoisotopic (exact) mass is 270 g/mol. The second-order valence-corrected chi connectivity index (χ2v) is 4.76. The molecule has 3 nitrogen and oxygen atoms in total. The van der Waals surface area contributed by atoms with Gasteiger partial charge in [-0.3, -0.25) is 4.79 Å². The molecule has 18 heavy (non-hydrogen) atoms. The van der Waals surface area contributed by atoms with Gasteiger partial charge in [0.1, 0.15) is 5.75 Å². The van der Waals surface area contributed by atoms with Crippen molar-refractivity contribution in [3.05, 3.63) is 28.3 Å². The fraction of sp³-hybridized carbons (Fsp3) is 0.500. The first kappa shape index (κ1) is 14.8. The smallest absolute Gasteiger partial charge is 0.310 e. The molecule has 1 aromatic rings. The van der Waals surface area contributed by atoms with Crippen molar-refractivity contribution < 1.29 is 14.3 Å². The first-order valence-corrected chi connectivity index (χ1v) is 6.43. The summed E-state index contributed by atoms with van der Waals surface area (Å²) < 4.78 is 10.6. The minimum Gasteiger partial charge on any atom is -0.494 e. The van der Waals surface area contributed by atoms with Crippen molar-refractivity contribution in [2.45, 2.75) is 40.2 Å². The Morgan fingerprint density at radius 2 is 2.06 bits per heavy atom. The van der Waals surface area contributed by atoms with E-state index in [1.54, 1.807) is 6.07 Å². The number of rotatable bonds is 5. The number of carbonyl (C=O) groups is 1. The standard InChI is InChI=1S/C14H19ClO3/c1-5-17-13-6-10(4)12(15)7-11(13)8-14(16)18-9(2)3/h6-7,9H,5,8H2,1-4H3. The zero-order valence-corrected chi connectivity index (χ0v) is 12.0. The molecule has 0 aliphatic heterocycles. The van der Waals surface area contributed by atoms with E-state index in [0.717, 1.165) is 11.1 Å². The Balaban J connectivity index is 2.92. The van der Waals surface area contributed by atoms with Gasteiger partial charge in [0.25, 0.3) is 0 Å². The average Bonchev–Trinajstić information content (AvgIpc) is 2.24. The van der Waals surface area contributed by atoms with E-state index in [-0.39, 0.29) is 18.5 Å². The van der Waals surface area contributed by atoms with Gasteiger partial charge in [0.2, 0.25) is 0 Å². The highest BCUT2D eigenvalue weighted by molar-refractivity contribution is 6.31. The number of benzene rings is 1. The van der Waals surface area contributed by atoms with E-state index in [2.05, 4.69) is 0 Å². The van der Waals surface area contributed by atoms with Crippen LogP contribution >= 0.6 is 11.6 Å². The number of carbonyl (C=O) groups excluding carboxylic acids is 1. The van der Waals surface area contributed by atoms with Gasteiger partial charge in [-0.15, -0.1) is 0 Å². The van der Waals surface area contributed by atoms with Crippen molar-refractivity contribution in [1.82, 2.24) is 0 Å². The van der Waals surface area contributed by atoms with Crippen LogP contribution < -0.4 is 4.74 Å². The lowest BCUT2D eigenvalue weighted by atomic mass is 10.1. The van der Waals surface area contributed by atoms with Gasteiger partial charge in [0.05, 0.1) is 19.1 Å². The van der Waals surface area contributed by atoms with E-state index in [0.29, 0.717) is 17.4 Å². The van der Waals surface area contributed by atoms with Gasteiger partial charge >= 0.3 is 5.97 Å². The number of halogens is 1. The second-order valence-electron chi connectivity index (χ2n) is 4.36. The minimum atomic E-state index is -0.272. The third kappa shape index (κ3) is 4.22. The number of hydrogen-bond acceptors (Lipinski definition) is 3. The summed E-state index contributed by atoms with van der Waals surface area (Å²) in [5.41, 5.74) is 1.69. The largest absolute Gasteiger partial charge is 0.494 e. The predicted molar refractivity (Wildman–Crippen MR) is 72.3 cm³/mol. The molecule has 1 aromatic carbocycles. The molecule has 0 saturated heterocycles. The van der Waals surface area contributed by atoms with Crippen LogP contribution in [0.1, 0.15) is 31.9 Å². The van der Waals surface area contributed by atoms with Gasteiger partial charge in [-0.25, -0.2) is 0 Å². The number of ether oxygens (including phenoxy) is 2. The molecule has 100 valence electrons. The Morgan fingerprint density at radius 1 is 1.39 bits per heavy atom. The Morgan fingerprint density at radius 3 is 2.61 bits per heavy atom. The fourth-order valence-corrected chi connectivity index (χ4v) is 1.77. The maximum absolute atomic E-state index is 11.7. The average molecular weight is 271 g/mol. The summed E-state index contributed by atoms with van der Waals surface area (Å²) >= 11 is 6.07. The first-order valence-electron chi connectivity index (χ1n) is 6.05. The van der Waals surface area contributed by atoms with Gasteiger partial charge in [-0.2, -0.15) is 0 Å². The van der Waals surface area contributed by atoms with Crippen molar-refractivity contribution in [3.8, 4) is 5.75 Å². The zero-order chi connectivity index (χ0) is 13.7. The van der Waals surface area contributed by atoms with Gasteiger partial charge in [-0.1, -0.05) is 11.6 Å². The lowest BCUT2D eigenvalue weighted by Crippen LogP contribution is -2.14. The van der Waals surface area contributed by atoms with Crippen LogP contribution in [-0.4, -0.2) is 18.7 Å². The molecule has 1 rings (SSSR count). The fourth-order valence-electron chi connectivity index (χ4n) is 1.58. The summed E-state index contributed by atoms with van der Waals surface area (Å²) in [5.74, 6) is 0.422. The molecule has 0 aliphatic carbocycles. The van der Waals surface area contributed by atoms with E-state index in [1.807, 2.05) is 33.8 Å². The molecule has 0 saturated carbocycles. The van der Waals surface area contributed by atoms with Crippen LogP contribution in [0.15, 0.2) is 12.1 Å². The van der Waals surface area contributed by atoms with Gasteiger partial charge < -0.3 is 9.47 Å². The highest BCUT2D eigenvalue weighted by Crippen LogP contribution is 2.27. The lowest BCUT2D eigenvalue weighted by Gasteiger charge is -2.13. The molecule has 0 radical (unpaired) electrons. The lowest BCUT2D eigenvalue weighted by molar-refractivity contribution is -0.146. The summed E-state index contributed by atoms with van der Waals surface area (Å²) in [6.07, 6.45) is 0.0574. The van der Waals surface area contributed by atoms with Crippen LogP contribution in [0.4, 0.5) is 0 Å². The topological polar surface area (TPSA) is 35.5 Å². The summed E-state index contributed by atoms with van der Waals surface area (Å²) in [7, 11) is 0. The van der Waals surface area contributed by atoms with E-state index >= 15 is 0 Å². The Labute approximate surface area is 113 Å². The molecule has 0 aromatic heterocycles. The predicted octanol–water partition coefficient (Wildman–Crippen LogP) is 3.54. The van der Waals surface area contributed by atoms with Crippen molar-refractivity contribution in [2.24, 2.45) is 0 Å². The summed E-state index contributed by atoms with van der Waals surface area (Å²) in [6.45, 7) is 8.00. The van der Waals surface area contributed by atoms with Gasteiger partial charge in [0.15, 0.2) is 0 Å². The molecule has 0 N–H and O–H groups in total. The third-order valence-electron chi connectivity index (χ3n) is 2.34. The SMILES string of the molecule is CCOc1cc(C)c(Cl)cc1CC(=O)OC(C)C. The van der Waals surface area contributed by atoms with Crippen molar-refractivity contribution in [2.75, 3.05) is 6.61 Å². The maximum Gasteiger partial charge on any atom is 0.310 e. The Kier molecular flexibility index (Phi) is 5.48. The molecule has 0 aliphatic rings. The Bertz CT molecular complexity index is 427. The Hall–Kier alpha value is -1.22. The van der Waals surface area contributed by atoms with E-state index in [9.17, 15) is 4.79 Å². The second kappa shape index (κ2) is 6.64. The molecule has 4 heteroatoms. The molecule has 0 amide bonds. The summed E-state index contributed by atoms with van der Waals surface area (Å²) in [5, 5.41) is 0.630. The maximum atomic E-state index is 11.7. The molecular formula is C14H19ClO3. The number of esters is 1. The minimum absolute atomic E-state index is 0.117. The molecule has 0 unspecified atom stereocenters. The quantitative estimate of drug-likeness (QED) is 0.768. The van der Waals surface area contributed by atoms with Crippen LogP contribution in [-0.2, 0) is 16.0 Å². The summed E-state index contributed by atoms with van der Waals surface area (Å²) in [6, 6.07) is 3.62. The molecular weight excluding hydrogens is 252 g/mol. The van der Waals surface area contributed by atoms with E-state index in [4.69, 9.17) is 21.1 Å². The third-order valence-corrected chi connectivity index (χ3v) is 2.75. The van der Waals surface area contributed by atoms with Crippen LogP contribution in [0.2, 0.25) is 5.02 Å². The van der Waals surface area contributed by atoms with Crippen molar-refractivity contribution in [1.29, 1.82) is 0 Å². The number of hydrogen-bond donors (Lipinski definition) is 0. The van der Waals surface area contributed by atoms with Gasteiger partial charge in [-0.05, 0) is 45.4 Å². The van der Waals surface area contributed by atoms with Crippen LogP contribution in [0, 0.1) is 6.92 Å². The van der Waals surface area contributed by atoms with Gasteiger partial charge in [0, 0.05) is 10.6 Å². The van der Waals surface area contributed by atoms with Crippen LogP contribution in [0.3, 0.4) is 0 Å². The van der Waals surface area contributed by atoms with Crippen LogP contribution in [0.25, 0.3) is 0 Å². The normalized spacial score (nSPS) is 10.6. The molecule has 0 bridgehead atoms. The van der Waals surface area contributed by atoms with Crippen molar-refractivity contribution >= 4 is 17.6 Å². The zero-order valence-electron chi connectivity index (χ0n) is 11.2. The highest BCUT2D eigenvalue weighted by Gasteiger charge is 2.13. The first-order chi connectivity index (χ1) is 8.43. The molecule has 0 spiro atoms. The molecule has 0 fully saturated rings. The summed E-state index contributed by atoms with van der Waals surface area (Å²) in [4.78, 5) is 11.7. The molecule has 0 atom stereocenters. The highest BCUT2D eigenvalue weighted by atomic mass is 35.5. The van der Waals surface area contributed by atoms with E-state index < -0.39 is 0 Å². The van der Waals surface area contributed by atoms with Crippen molar-refractivity contribution in [3.63, 3.8) is 0 Å². The molecule has 0 heterocycles. The van der Waals surface area contributed by atoms with E-state index in [1.165, 1.54) is 0 Å².